The number of Topliss-reactive ketones (excluding diaryl/α,β-unsaturated/α-hetero) is 1. The predicted molar refractivity (Wildman–Crippen MR) is 144 cm³/mol. The lowest BCUT2D eigenvalue weighted by Crippen LogP contribution is -2.65. The monoisotopic (exact) mass is 512 g/mol. The summed E-state index contributed by atoms with van der Waals surface area (Å²) in [6.45, 7) is 19.2. The summed E-state index contributed by atoms with van der Waals surface area (Å²) >= 11 is 0. The van der Waals surface area contributed by atoms with Crippen molar-refractivity contribution in [3.05, 3.63) is 23.3 Å². The van der Waals surface area contributed by atoms with Crippen molar-refractivity contribution in [3.63, 3.8) is 0 Å². The molecule has 5 rings (SSSR count). The van der Waals surface area contributed by atoms with Crippen molar-refractivity contribution in [2.24, 2.45) is 39.4 Å². The van der Waals surface area contributed by atoms with Gasteiger partial charge in [0.15, 0.2) is 0 Å². The fourth-order valence-corrected chi connectivity index (χ4v) is 9.88. The van der Waals surface area contributed by atoms with E-state index >= 15 is 0 Å². The van der Waals surface area contributed by atoms with Gasteiger partial charge >= 0.3 is 5.97 Å². The number of ether oxygens (including phenoxy) is 2. The van der Waals surface area contributed by atoms with Gasteiger partial charge in [-0.2, -0.15) is 0 Å². The van der Waals surface area contributed by atoms with Crippen molar-refractivity contribution in [1.82, 2.24) is 0 Å². The van der Waals surface area contributed by atoms with Gasteiger partial charge in [-0.25, -0.2) is 0 Å². The van der Waals surface area contributed by atoms with E-state index in [0.717, 1.165) is 19.3 Å². The third kappa shape index (κ3) is 3.77. The van der Waals surface area contributed by atoms with E-state index in [4.69, 9.17) is 9.47 Å². The summed E-state index contributed by atoms with van der Waals surface area (Å²) in [6.07, 6.45) is 8.84. The number of ketones is 1. The van der Waals surface area contributed by atoms with E-state index in [0.29, 0.717) is 31.0 Å². The lowest BCUT2D eigenvalue weighted by atomic mass is 9.36. The van der Waals surface area contributed by atoms with Crippen LogP contribution in [0.2, 0.25) is 0 Å². The maximum atomic E-state index is 12.9. The molecule has 1 aliphatic heterocycles. The molecule has 5 nitrogen and oxygen atoms in total. The standard InChI is InChI=1S/C32H48O5/c1-18(16-23(36-19(2)33)27-29(5,6)37-27)20-10-14-31(8)21(20)17-22(34)26-30(7)13-12-25(35)28(3,4)24(30)11-15-32(26,31)9/h10,14,18,22-24,26-27,34H,11-13,15-17H2,1-9H3/t18?,22-,23?,24-,26-,27?,30-,31-,32-/m0/s1. The smallest absolute Gasteiger partial charge is 0.302 e. The largest absolute Gasteiger partial charge is 0.460 e. The minimum absolute atomic E-state index is 0.0596. The molecule has 0 aromatic rings. The zero-order valence-electron chi connectivity index (χ0n) is 24.4. The highest BCUT2D eigenvalue weighted by molar-refractivity contribution is 5.85. The van der Waals surface area contributed by atoms with E-state index in [1.807, 2.05) is 13.8 Å². The molecule has 206 valence electrons. The van der Waals surface area contributed by atoms with Crippen LogP contribution < -0.4 is 0 Å². The zero-order chi connectivity index (χ0) is 27.3. The van der Waals surface area contributed by atoms with Gasteiger partial charge in [0.25, 0.3) is 0 Å². The number of allylic oxidation sites excluding steroid dienone is 3. The second kappa shape index (κ2) is 8.27. The highest BCUT2D eigenvalue weighted by Crippen LogP contribution is 2.73. The van der Waals surface area contributed by atoms with Crippen molar-refractivity contribution in [1.29, 1.82) is 0 Å². The molecule has 0 radical (unpaired) electrons. The Hall–Kier alpha value is -1.46. The number of aliphatic hydroxyl groups excluding tert-OH is 1. The van der Waals surface area contributed by atoms with Gasteiger partial charge < -0.3 is 14.6 Å². The Labute approximate surface area is 223 Å². The lowest BCUT2D eigenvalue weighted by Gasteiger charge is -2.68. The summed E-state index contributed by atoms with van der Waals surface area (Å²) in [4.78, 5) is 24.8. The van der Waals surface area contributed by atoms with Crippen LogP contribution in [0.15, 0.2) is 23.3 Å². The molecule has 3 unspecified atom stereocenters. The van der Waals surface area contributed by atoms with Crippen molar-refractivity contribution < 1.29 is 24.2 Å². The Morgan fingerprint density at radius 2 is 1.81 bits per heavy atom. The van der Waals surface area contributed by atoms with Crippen molar-refractivity contribution >= 4 is 11.8 Å². The first-order valence-corrected chi connectivity index (χ1v) is 14.5. The molecule has 1 saturated heterocycles. The van der Waals surface area contributed by atoms with E-state index in [-0.39, 0.29) is 57.3 Å². The Bertz CT molecular complexity index is 1070. The molecule has 0 bridgehead atoms. The van der Waals surface area contributed by atoms with Crippen LogP contribution in [-0.2, 0) is 19.1 Å². The minimum Gasteiger partial charge on any atom is -0.460 e. The topological polar surface area (TPSA) is 76.1 Å². The summed E-state index contributed by atoms with van der Waals surface area (Å²) in [5.74, 6) is 0.753. The maximum Gasteiger partial charge on any atom is 0.302 e. The van der Waals surface area contributed by atoms with Gasteiger partial charge in [-0.15, -0.1) is 0 Å². The first-order chi connectivity index (χ1) is 17.0. The molecular formula is C32H48O5. The average Bonchev–Trinajstić information content (AvgIpc) is 3.27. The van der Waals surface area contributed by atoms with Gasteiger partial charge in [0.2, 0.25) is 0 Å². The molecule has 5 heteroatoms. The normalized spacial score (nSPS) is 45.0. The molecule has 37 heavy (non-hydrogen) atoms. The molecule has 4 aliphatic carbocycles. The van der Waals surface area contributed by atoms with Crippen molar-refractivity contribution in [2.45, 2.75) is 125 Å². The van der Waals surface area contributed by atoms with Crippen LogP contribution in [0.1, 0.15) is 101 Å². The lowest BCUT2D eigenvalue weighted by molar-refractivity contribution is -0.201. The number of hydrogen-bond acceptors (Lipinski definition) is 5. The van der Waals surface area contributed by atoms with Gasteiger partial charge in [0.05, 0.1) is 11.7 Å². The van der Waals surface area contributed by atoms with Gasteiger partial charge in [-0.05, 0) is 80.1 Å². The molecule has 0 amide bonds. The second-order valence-electron chi connectivity index (χ2n) is 14.8. The Morgan fingerprint density at radius 3 is 2.41 bits per heavy atom. The Kier molecular flexibility index (Phi) is 6.06. The van der Waals surface area contributed by atoms with Crippen molar-refractivity contribution in [2.75, 3.05) is 0 Å². The fraction of sp³-hybridized carbons (Fsp3) is 0.812. The van der Waals surface area contributed by atoms with E-state index < -0.39 is 6.10 Å². The molecule has 0 aromatic heterocycles. The quantitative estimate of drug-likeness (QED) is 0.351. The summed E-state index contributed by atoms with van der Waals surface area (Å²) in [5, 5.41) is 11.9. The summed E-state index contributed by atoms with van der Waals surface area (Å²) in [6, 6.07) is 0. The van der Waals surface area contributed by atoms with Crippen LogP contribution in [0, 0.1) is 39.4 Å². The predicted octanol–water partition coefficient (Wildman–Crippen LogP) is 6.19. The molecule has 0 spiro atoms. The maximum absolute atomic E-state index is 12.9. The number of hydrogen-bond donors (Lipinski definition) is 1. The molecule has 1 N–H and O–H groups in total. The van der Waals surface area contributed by atoms with Crippen LogP contribution in [0.4, 0.5) is 0 Å². The summed E-state index contributed by atoms with van der Waals surface area (Å²) < 4.78 is 11.6. The SMILES string of the molecule is CC(=O)OC(CC(C)C1=C2C[C@H](O)[C@H]3[C@@]4(C)CCC(=O)C(C)(C)[C@@H]4CC[C@]3(C)[C@@]2(C)C=C1)C1OC1(C)C. The molecular weight excluding hydrogens is 464 g/mol. The van der Waals surface area contributed by atoms with E-state index in [1.54, 1.807) is 0 Å². The Morgan fingerprint density at radius 1 is 1.16 bits per heavy atom. The molecule has 4 fully saturated rings. The zero-order valence-corrected chi connectivity index (χ0v) is 24.4. The molecule has 0 aromatic carbocycles. The van der Waals surface area contributed by atoms with Crippen LogP contribution >= 0.6 is 0 Å². The minimum atomic E-state index is -0.429. The number of carbonyl (C=O) groups excluding carboxylic acids is 2. The second-order valence-corrected chi connectivity index (χ2v) is 14.8. The average molecular weight is 513 g/mol. The van der Waals surface area contributed by atoms with E-state index in [1.165, 1.54) is 18.1 Å². The first-order valence-electron chi connectivity index (χ1n) is 14.5. The number of aliphatic hydroxyl groups is 1. The van der Waals surface area contributed by atoms with E-state index in [9.17, 15) is 14.7 Å². The van der Waals surface area contributed by atoms with Crippen LogP contribution in [0.25, 0.3) is 0 Å². The van der Waals surface area contributed by atoms with Gasteiger partial charge in [-0.1, -0.05) is 59.3 Å². The number of carbonyl (C=O) groups is 2. The van der Waals surface area contributed by atoms with Crippen LogP contribution in [-0.4, -0.2) is 40.8 Å². The van der Waals surface area contributed by atoms with Crippen LogP contribution in [0.3, 0.4) is 0 Å². The van der Waals surface area contributed by atoms with Crippen LogP contribution in [0.5, 0.6) is 0 Å². The molecule has 5 aliphatic rings. The summed E-state index contributed by atoms with van der Waals surface area (Å²) in [7, 11) is 0. The van der Waals surface area contributed by atoms with Gasteiger partial charge in [0.1, 0.15) is 18.0 Å². The highest BCUT2D eigenvalue weighted by Gasteiger charge is 2.68. The van der Waals surface area contributed by atoms with Crippen molar-refractivity contribution in [3.8, 4) is 0 Å². The first kappa shape index (κ1) is 27.1. The number of esters is 1. The van der Waals surface area contributed by atoms with E-state index in [2.05, 4.69) is 53.7 Å². The number of fused-ring (bicyclic) bond motifs is 5. The molecule has 9 atom stereocenters. The molecule has 3 saturated carbocycles. The molecule has 1 heterocycles. The summed E-state index contributed by atoms with van der Waals surface area (Å²) in [5.41, 5.74) is 1.78. The Balaban J connectivity index is 1.47. The number of rotatable bonds is 5. The third-order valence-corrected chi connectivity index (χ3v) is 12.0. The van der Waals surface area contributed by atoms with Gasteiger partial charge in [0, 0.05) is 24.2 Å². The highest BCUT2D eigenvalue weighted by atomic mass is 16.6. The number of epoxide rings is 1. The fourth-order valence-electron chi connectivity index (χ4n) is 9.88. The third-order valence-electron chi connectivity index (χ3n) is 12.0. The van der Waals surface area contributed by atoms with Gasteiger partial charge in [-0.3, -0.25) is 9.59 Å².